The van der Waals surface area contributed by atoms with Crippen molar-refractivity contribution in [2.75, 3.05) is 16.8 Å². The molecule has 0 spiro atoms. The van der Waals surface area contributed by atoms with Gasteiger partial charge in [-0.05, 0) is 31.9 Å². The number of nitrogens with zero attached hydrogens (tertiary/aromatic N) is 8. The molecule has 5 heterocycles. The minimum Gasteiger partial charge on any atom is -0.329 e. The van der Waals surface area contributed by atoms with Crippen molar-refractivity contribution < 1.29 is 18.0 Å². The van der Waals surface area contributed by atoms with E-state index >= 15 is 0 Å². The molecule has 39 heavy (non-hydrogen) atoms. The third kappa shape index (κ3) is 4.64. The van der Waals surface area contributed by atoms with Gasteiger partial charge in [0.2, 0.25) is 11.9 Å². The number of aromatic nitrogens is 7. The fourth-order valence-electron chi connectivity index (χ4n) is 4.63. The van der Waals surface area contributed by atoms with E-state index in [9.17, 15) is 27.6 Å². The number of fused-ring (bicyclic) bond motifs is 1. The first-order valence-corrected chi connectivity index (χ1v) is 12.0. The van der Waals surface area contributed by atoms with Crippen LogP contribution in [-0.2, 0) is 18.9 Å². The van der Waals surface area contributed by atoms with Crippen molar-refractivity contribution in [2.24, 2.45) is 14.1 Å². The zero-order valence-electron chi connectivity index (χ0n) is 21.2. The number of pyridine rings is 1. The van der Waals surface area contributed by atoms with E-state index in [4.69, 9.17) is 0 Å². The highest BCUT2D eigenvalue weighted by Crippen LogP contribution is 2.34. The molecule has 0 bridgehead atoms. The molecule has 1 aliphatic heterocycles. The molecule has 1 aliphatic rings. The molecule has 0 aromatic carbocycles. The molecule has 0 saturated carbocycles. The van der Waals surface area contributed by atoms with E-state index in [0.29, 0.717) is 17.7 Å². The number of rotatable bonds is 5. The van der Waals surface area contributed by atoms with E-state index in [2.05, 4.69) is 25.3 Å². The SMILES string of the molecule is C[C@H](C(=O)Nc1cccc(-c2cnc(N3CCC[C@H]3C(F)(F)F)nc2)n1)n1cnc2c1c(=O)n(C)c(=O)n2C. The lowest BCUT2D eigenvalue weighted by molar-refractivity contribution is -0.146. The van der Waals surface area contributed by atoms with Gasteiger partial charge in [-0.25, -0.2) is 24.7 Å². The number of anilines is 2. The summed E-state index contributed by atoms with van der Waals surface area (Å²) < 4.78 is 43.5. The van der Waals surface area contributed by atoms with Crippen LogP contribution in [0.2, 0.25) is 0 Å². The van der Waals surface area contributed by atoms with Gasteiger partial charge in [-0.15, -0.1) is 0 Å². The Morgan fingerprint density at radius 2 is 1.82 bits per heavy atom. The maximum Gasteiger partial charge on any atom is 0.408 e. The second-order valence-corrected chi connectivity index (χ2v) is 9.27. The van der Waals surface area contributed by atoms with Gasteiger partial charge in [0.15, 0.2) is 11.2 Å². The van der Waals surface area contributed by atoms with Crippen molar-refractivity contribution in [3.8, 4) is 11.3 Å². The molecule has 4 aromatic heterocycles. The van der Waals surface area contributed by atoms with Crippen LogP contribution in [0.3, 0.4) is 0 Å². The molecule has 0 radical (unpaired) electrons. The average molecular weight is 544 g/mol. The van der Waals surface area contributed by atoms with Crippen LogP contribution in [0.1, 0.15) is 25.8 Å². The highest BCUT2D eigenvalue weighted by Gasteiger charge is 2.46. The number of halogens is 3. The van der Waals surface area contributed by atoms with Crippen molar-refractivity contribution in [1.29, 1.82) is 0 Å². The Morgan fingerprint density at radius 1 is 1.10 bits per heavy atom. The Balaban J connectivity index is 1.35. The number of imidazole rings is 1. The lowest BCUT2D eigenvalue weighted by Gasteiger charge is -2.26. The van der Waals surface area contributed by atoms with Crippen LogP contribution < -0.4 is 21.5 Å². The summed E-state index contributed by atoms with van der Waals surface area (Å²) in [4.78, 5) is 55.9. The predicted molar refractivity (Wildman–Crippen MR) is 135 cm³/mol. The lowest BCUT2D eigenvalue weighted by Crippen LogP contribution is -2.42. The molecule has 15 heteroatoms. The Bertz CT molecular complexity index is 1670. The second kappa shape index (κ2) is 9.63. The van der Waals surface area contributed by atoms with Crippen molar-refractivity contribution in [3.05, 3.63) is 57.8 Å². The molecule has 2 atom stereocenters. The molecule has 0 aliphatic carbocycles. The molecule has 0 unspecified atom stereocenters. The minimum atomic E-state index is -4.36. The van der Waals surface area contributed by atoms with Gasteiger partial charge in [0.1, 0.15) is 17.9 Å². The van der Waals surface area contributed by atoms with E-state index in [-0.39, 0.29) is 35.9 Å². The standard InChI is InChI=1S/C24H24F3N9O3/c1-13(36-12-30-19-18(36)21(38)34(3)23(39)33(19)2)20(37)32-17-8-4-6-15(31-17)14-10-28-22(29-11-14)35-9-5-7-16(35)24(25,26)27/h4,6,8,10-13,16H,5,7,9H2,1-3H3,(H,31,32,37)/t13-,16+/m1/s1. The summed E-state index contributed by atoms with van der Waals surface area (Å²) in [6.45, 7) is 1.79. The van der Waals surface area contributed by atoms with Crippen LogP contribution in [-0.4, -0.2) is 58.3 Å². The molecule has 1 saturated heterocycles. The number of aryl methyl sites for hydroxylation is 1. The number of hydrogen-bond acceptors (Lipinski definition) is 8. The summed E-state index contributed by atoms with van der Waals surface area (Å²) in [7, 11) is 2.83. The second-order valence-electron chi connectivity index (χ2n) is 9.27. The maximum atomic E-state index is 13.3. The van der Waals surface area contributed by atoms with Gasteiger partial charge in [0.25, 0.3) is 5.56 Å². The molecule has 1 N–H and O–H groups in total. The molecule has 5 rings (SSSR count). The summed E-state index contributed by atoms with van der Waals surface area (Å²) in [5.41, 5.74) is -0.0000287. The summed E-state index contributed by atoms with van der Waals surface area (Å²) in [6.07, 6.45) is 0.139. The summed E-state index contributed by atoms with van der Waals surface area (Å²) >= 11 is 0. The van der Waals surface area contributed by atoms with Crippen molar-refractivity contribution in [3.63, 3.8) is 0 Å². The van der Waals surface area contributed by atoms with Gasteiger partial charge in [-0.3, -0.25) is 18.7 Å². The molecule has 1 amide bonds. The van der Waals surface area contributed by atoms with E-state index in [1.165, 1.54) is 42.0 Å². The van der Waals surface area contributed by atoms with Gasteiger partial charge >= 0.3 is 11.9 Å². The monoisotopic (exact) mass is 543 g/mol. The largest absolute Gasteiger partial charge is 0.408 e. The third-order valence-electron chi connectivity index (χ3n) is 6.79. The topological polar surface area (TPSA) is 133 Å². The lowest BCUT2D eigenvalue weighted by atomic mass is 10.2. The highest BCUT2D eigenvalue weighted by atomic mass is 19.4. The first-order valence-electron chi connectivity index (χ1n) is 12.0. The Morgan fingerprint density at radius 3 is 2.51 bits per heavy atom. The zero-order valence-corrected chi connectivity index (χ0v) is 21.2. The highest BCUT2D eigenvalue weighted by molar-refractivity contribution is 5.93. The van der Waals surface area contributed by atoms with Gasteiger partial charge in [-0.2, -0.15) is 13.2 Å². The average Bonchev–Trinajstić information content (AvgIpc) is 3.59. The molecule has 4 aromatic rings. The van der Waals surface area contributed by atoms with Crippen molar-refractivity contribution in [2.45, 2.75) is 38.0 Å². The van der Waals surface area contributed by atoms with Crippen LogP contribution in [0.4, 0.5) is 24.9 Å². The van der Waals surface area contributed by atoms with Gasteiger partial charge in [-0.1, -0.05) is 6.07 Å². The van der Waals surface area contributed by atoms with Crippen LogP contribution >= 0.6 is 0 Å². The Kier molecular flexibility index (Phi) is 6.44. The number of alkyl halides is 3. The third-order valence-corrected chi connectivity index (χ3v) is 6.79. The van der Waals surface area contributed by atoms with Crippen LogP contribution in [0.5, 0.6) is 0 Å². The van der Waals surface area contributed by atoms with Gasteiger partial charge in [0, 0.05) is 38.6 Å². The first-order chi connectivity index (χ1) is 18.5. The van der Waals surface area contributed by atoms with Gasteiger partial charge < -0.3 is 14.8 Å². The molecular formula is C24H24F3N9O3. The fraction of sp³-hybridized carbons (Fsp3) is 0.375. The number of amides is 1. The van der Waals surface area contributed by atoms with E-state index in [0.717, 1.165) is 9.47 Å². The van der Waals surface area contributed by atoms with Gasteiger partial charge in [0.05, 0.1) is 12.0 Å². The maximum absolute atomic E-state index is 13.3. The summed E-state index contributed by atoms with van der Waals surface area (Å²) in [6, 6.07) is 2.37. The quantitative estimate of drug-likeness (QED) is 0.404. The summed E-state index contributed by atoms with van der Waals surface area (Å²) in [5, 5.41) is 2.69. The normalized spacial score (nSPS) is 16.6. The number of carbonyl (C=O) groups is 1. The smallest absolute Gasteiger partial charge is 0.329 e. The molecule has 1 fully saturated rings. The van der Waals surface area contributed by atoms with Crippen molar-refractivity contribution in [1.82, 2.24) is 33.6 Å². The zero-order chi connectivity index (χ0) is 28.1. The van der Waals surface area contributed by atoms with E-state index in [1.807, 2.05) is 0 Å². The molecule has 204 valence electrons. The molecular weight excluding hydrogens is 519 g/mol. The fourth-order valence-corrected chi connectivity index (χ4v) is 4.63. The van der Waals surface area contributed by atoms with Crippen molar-refractivity contribution >= 4 is 28.8 Å². The summed E-state index contributed by atoms with van der Waals surface area (Å²) in [5.74, 6) is -0.295. The predicted octanol–water partition coefficient (Wildman–Crippen LogP) is 2.02. The number of nitrogens with one attached hydrogen (secondary N) is 1. The first kappa shape index (κ1) is 26.1. The van der Waals surface area contributed by atoms with Crippen LogP contribution in [0.15, 0.2) is 46.5 Å². The van der Waals surface area contributed by atoms with E-state index in [1.54, 1.807) is 25.1 Å². The number of hydrogen-bond donors (Lipinski definition) is 1. The van der Waals surface area contributed by atoms with E-state index < -0.39 is 35.4 Å². The Hall–Kier alpha value is -4.56. The minimum absolute atomic E-state index is 0.00209. The Labute approximate surface area is 218 Å². The van der Waals surface area contributed by atoms with Crippen LogP contribution in [0, 0.1) is 0 Å². The van der Waals surface area contributed by atoms with Crippen LogP contribution in [0.25, 0.3) is 22.4 Å². The number of carbonyl (C=O) groups excluding carboxylic acids is 1. The molecule has 12 nitrogen and oxygen atoms in total.